The number of thiazole rings is 1. The number of aromatic nitrogens is 2. The number of anilines is 2. The van der Waals surface area contributed by atoms with Crippen molar-refractivity contribution in [2.45, 2.75) is 6.92 Å². The number of carboxylic acid groups (broad SMARTS) is 1. The molecule has 100 valence electrons. The summed E-state index contributed by atoms with van der Waals surface area (Å²) in [4.78, 5) is 19.4. The molecular weight excluding hydrogens is 274 g/mol. The molecule has 0 bridgehead atoms. The third-order valence-corrected chi connectivity index (χ3v) is 3.71. The van der Waals surface area contributed by atoms with Crippen LogP contribution in [0.25, 0.3) is 10.2 Å². The van der Waals surface area contributed by atoms with Crippen molar-refractivity contribution in [2.24, 2.45) is 0 Å². The average molecular weight is 285 g/mol. The minimum atomic E-state index is -0.965. The predicted octanol–water partition coefficient (Wildman–Crippen LogP) is 3.44. The number of carboxylic acids is 1. The molecule has 20 heavy (non-hydrogen) atoms. The van der Waals surface area contributed by atoms with E-state index in [1.54, 1.807) is 35.9 Å². The number of aromatic carboxylic acids is 1. The van der Waals surface area contributed by atoms with Crippen LogP contribution < -0.4 is 5.32 Å². The van der Waals surface area contributed by atoms with E-state index in [0.717, 1.165) is 15.9 Å². The van der Waals surface area contributed by atoms with Crippen LogP contribution in [0.2, 0.25) is 0 Å². The van der Waals surface area contributed by atoms with Gasteiger partial charge in [0.1, 0.15) is 5.82 Å². The van der Waals surface area contributed by atoms with Gasteiger partial charge in [-0.25, -0.2) is 14.8 Å². The highest BCUT2D eigenvalue weighted by molar-refractivity contribution is 7.16. The summed E-state index contributed by atoms with van der Waals surface area (Å²) in [6, 6.07) is 9.07. The van der Waals surface area contributed by atoms with Gasteiger partial charge in [-0.05, 0) is 37.3 Å². The van der Waals surface area contributed by atoms with Crippen molar-refractivity contribution in [1.29, 1.82) is 0 Å². The summed E-state index contributed by atoms with van der Waals surface area (Å²) >= 11 is 1.57. The molecule has 0 amide bonds. The Balaban J connectivity index is 1.90. The molecule has 3 rings (SSSR count). The largest absolute Gasteiger partial charge is 0.478 e. The molecule has 0 radical (unpaired) electrons. The molecular formula is C14H11N3O2S. The topological polar surface area (TPSA) is 75.1 Å². The maximum absolute atomic E-state index is 10.9. The first-order valence-corrected chi connectivity index (χ1v) is 6.82. The number of nitrogens with one attached hydrogen (secondary N) is 1. The first-order chi connectivity index (χ1) is 9.63. The molecule has 0 atom stereocenters. The zero-order valence-electron chi connectivity index (χ0n) is 10.6. The van der Waals surface area contributed by atoms with Gasteiger partial charge in [0.25, 0.3) is 0 Å². The molecule has 0 aliphatic rings. The Morgan fingerprint density at radius 3 is 2.90 bits per heavy atom. The van der Waals surface area contributed by atoms with E-state index in [2.05, 4.69) is 15.3 Å². The second-order valence-corrected chi connectivity index (χ2v) is 5.18. The van der Waals surface area contributed by atoms with Gasteiger partial charge in [-0.2, -0.15) is 0 Å². The third-order valence-electron chi connectivity index (χ3n) is 2.92. The van der Waals surface area contributed by atoms with E-state index >= 15 is 0 Å². The minimum Gasteiger partial charge on any atom is -0.478 e. The van der Waals surface area contributed by atoms with Crippen molar-refractivity contribution in [2.75, 3.05) is 5.32 Å². The van der Waals surface area contributed by atoms with Gasteiger partial charge in [-0.15, -0.1) is 11.3 Å². The Morgan fingerprint density at radius 1 is 1.30 bits per heavy atom. The molecule has 2 heterocycles. The Morgan fingerprint density at radius 2 is 2.15 bits per heavy atom. The number of nitrogens with zero attached hydrogens (tertiary/aromatic N) is 2. The van der Waals surface area contributed by atoms with E-state index < -0.39 is 5.97 Å². The fourth-order valence-corrected chi connectivity index (χ4v) is 2.65. The van der Waals surface area contributed by atoms with Crippen molar-refractivity contribution in [3.8, 4) is 0 Å². The van der Waals surface area contributed by atoms with Crippen LogP contribution in [0.1, 0.15) is 16.1 Å². The van der Waals surface area contributed by atoms with Crippen molar-refractivity contribution in [1.82, 2.24) is 9.97 Å². The summed E-state index contributed by atoms with van der Waals surface area (Å²) in [5.74, 6) is -0.344. The van der Waals surface area contributed by atoms with Crippen LogP contribution in [-0.4, -0.2) is 21.0 Å². The molecule has 0 aliphatic carbocycles. The van der Waals surface area contributed by atoms with Crippen molar-refractivity contribution in [3.63, 3.8) is 0 Å². The minimum absolute atomic E-state index is 0.216. The van der Waals surface area contributed by atoms with Gasteiger partial charge in [-0.1, -0.05) is 0 Å². The number of pyridine rings is 1. The number of benzene rings is 1. The second kappa shape index (κ2) is 4.90. The highest BCUT2D eigenvalue weighted by atomic mass is 32.1. The Hall–Kier alpha value is -2.47. The van der Waals surface area contributed by atoms with E-state index in [-0.39, 0.29) is 5.56 Å². The van der Waals surface area contributed by atoms with Crippen molar-refractivity contribution >= 4 is 39.0 Å². The van der Waals surface area contributed by atoms with Gasteiger partial charge in [0.15, 0.2) is 0 Å². The van der Waals surface area contributed by atoms with Gasteiger partial charge in [0, 0.05) is 5.69 Å². The monoisotopic (exact) mass is 285 g/mol. The van der Waals surface area contributed by atoms with Gasteiger partial charge in [0.05, 0.1) is 27.0 Å². The molecule has 0 saturated carbocycles. The fourth-order valence-electron chi connectivity index (χ4n) is 1.94. The van der Waals surface area contributed by atoms with E-state index in [4.69, 9.17) is 5.11 Å². The van der Waals surface area contributed by atoms with Crippen LogP contribution in [0.4, 0.5) is 11.5 Å². The lowest BCUT2D eigenvalue weighted by atomic mass is 10.2. The Labute approximate surface area is 118 Å². The Kier molecular flexibility index (Phi) is 3.08. The molecule has 2 N–H and O–H groups in total. The molecule has 2 aromatic heterocycles. The average Bonchev–Trinajstić information content (AvgIpc) is 2.85. The fraction of sp³-hybridized carbons (Fsp3) is 0.0714. The lowest BCUT2D eigenvalue weighted by molar-refractivity contribution is 0.0695. The summed E-state index contributed by atoms with van der Waals surface area (Å²) in [5, 5.41) is 12.1. The van der Waals surface area contributed by atoms with Gasteiger partial charge >= 0.3 is 5.97 Å². The zero-order chi connectivity index (χ0) is 14.1. The van der Waals surface area contributed by atoms with Crippen LogP contribution in [0, 0.1) is 6.92 Å². The highest BCUT2D eigenvalue weighted by Crippen LogP contribution is 2.24. The molecule has 0 spiro atoms. The van der Waals surface area contributed by atoms with Gasteiger partial charge in [-0.3, -0.25) is 0 Å². The number of rotatable bonds is 3. The smallest absolute Gasteiger partial charge is 0.337 e. The lowest BCUT2D eigenvalue weighted by Gasteiger charge is -2.07. The number of carbonyl (C=O) groups is 1. The van der Waals surface area contributed by atoms with E-state index in [1.165, 1.54) is 0 Å². The summed E-state index contributed by atoms with van der Waals surface area (Å²) in [7, 11) is 0. The second-order valence-electron chi connectivity index (χ2n) is 4.29. The summed E-state index contributed by atoms with van der Waals surface area (Å²) in [6.07, 6.45) is 0. The predicted molar refractivity (Wildman–Crippen MR) is 78.8 cm³/mol. The normalized spacial score (nSPS) is 10.7. The van der Waals surface area contributed by atoms with Gasteiger partial charge < -0.3 is 10.4 Å². The van der Waals surface area contributed by atoms with E-state index in [0.29, 0.717) is 11.5 Å². The Bertz CT molecular complexity index is 798. The molecule has 1 aromatic carbocycles. The van der Waals surface area contributed by atoms with Crippen LogP contribution in [0.15, 0.2) is 35.8 Å². The number of hydrogen-bond acceptors (Lipinski definition) is 5. The molecule has 5 nitrogen and oxygen atoms in total. The SMILES string of the molecule is Cc1nc(Nc2ccc3ncsc3c2)ccc1C(=O)O. The first kappa shape index (κ1) is 12.6. The molecule has 0 aliphatic heterocycles. The molecule has 6 heteroatoms. The number of hydrogen-bond donors (Lipinski definition) is 2. The van der Waals surface area contributed by atoms with Crippen LogP contribution in [0.5, 0.6) is 0 Å². The maximum Gasteiger partial charge on any atom is 0.337 e. The van der Waals surface area contributed by atoms with E-state index in [9.17, 15) is 4.79 Å². The van der Waals surface area contributed by atoms with Crippen LogP contribution in [-0.2, 0) is 0 Å². The van der Waals surface area contributed by atoms with E-state index in [1.807, 2.05) is 18.2 Å². The molecule has 0 saturated heterocycles. The molecule has 0 fully saturated rings. The zero-order valence-corrected chi connectivity index (χ0v) is 11.4. The van der Waals surface area contributed by atoms with Gasteiger partial charge in [0.2, 0.25) is 0 Å². The summed E-state index contributed by atoms with van der Waals surface area (Å²) in [6.45, 7) is 1.68. The standard InChI is InChI=1S/C14H11N3O2S/c1-8-10(14(18)19)3-5-13(16-8)17-9-2-4-11-12(6-9)20-7-15-11/h2-7H,1H3,(H,16,17)(H,18,19). The van der Waals surface area contributed by atoms with Crippen LogP contribution >= 0.6 is 11.3 Å². The maximum atomic E-state index is 10.9. The third kappa shape index (κ3) is 2.33. The summed E-state index contributed by atoms with van der Waals surface area (Å²) in [5.41, 5.74) is 4.37. The molecule has 0 unspecified atom stereocenters. The summed E-state index contributed by atoms with van der Waals surface area (Å²) < 4.78 is 1.09. The van der Waals surface area contributed by atoms with Crippen LogP contribution in [0.3, 0.4) is 0 Å². The lowest BCUT2D eigenvalue weighted by Crippen LogP contribution is -2.03. The number of fused-ring (bicyclic) bond motifs is 1. The molecule has 3 aromatic rings. The highest BCUT2D eigenvalue weighted by Gasteiger charge is 2.08. The van der Waals surface area contributed by atoms with Crippen molar-refractivity contribution < 1.29 is 9.90 Å². The van der Waals surface area contributed by atoms with Crippen molar-refractivity contribution in [3.05, 3.63) is 47.1 Å². The first-order valence-electron chi connectivity index (χ1n) is 5.95. The number of aryl methyl sites for hydroxylation is 1. The quantitative estimate of drug-likeness (QED) is 0.771.